The number of amides is 1. The highest BCUT2D eigenvalue weighted by Crippen LogP contribution is 2.32. The summed E-state index contributed by atoms with van der Waals surface area (Å²) in [6.07, 6.45) is 5.78. The van der Waals surface area contributed by atoms with Crippen molar-refractivity contribution in [2.24, 2.45) is 23.5 Å². The molecule has 0 aromatic heterocycles. The minimum Gasteiger partial charge on any atom is -0.345 e. The minimum atomic E-state index is 0.196. The van der Waals surface area contributed by atoms with Gasteiger partial charge < -0.3 is 15.5 Å². The molecule has 2 atom stereocenters. The highest BCUT2D eigenvalue weighted by atomic mass is 16.2. The molecular formula is C15H29N3O. The van der Waals surface area contributed by atoms with Crippen molar-refractivity contribution in [2.75, 3.05) is 40.3 Å². The van der Waals surface area contributed by atoms with Crippen LogP contribution in [0.25, 0.3) is 0 Å². The third-order valence-corrected chi connectivity index (χ3v) is 5.03. The maximum Gasteiger partial charge on any atom is 0.225 e. The second-order valence-electron chi connectivity index (χ2n) is 6.50. The third-order valence-electron chi connectivity index (χ3n) is 5.03. The first-order valence-electron chi connectivity index (χ1n) is 7.75. The molecule has 110 valence electrons. The zero-order valence-corrected chi connectivity index (χ0v) is 12.5. The van der Waals surface area contributed by atoms with E-state index in [9.17, 15) is 4.79 Å². The van der Waals surface area contributed by atoms with Crippen LogP contribution in [0.1, 0.15) is 32.1 Å². The molecule has 0 aromatic carbocycles. The number of nitrogens with zero attached hydrogens (tertiary/aromatic N) is 2. The fraction of sp³-hybridized carbons (Fsp3) is 0.933. The van der Waals surface area contributed by atoms with Gasteiger partial charge in [-0.15, -0.1) is 0 Å². The van der Waals surface area contributed by atoms with Crippen LogP contribution in [0.5, 0.6) is 0 Å². The minimum absolute atomic E-state index is 0.196. The topological polar surface area (TPSA) is 49.6 Å². The Labute approximate surface area is 117 Å². The van der Waals surface area contributed by atoms with Crippen LogP contribution in [0, 0.1) is 17.8 Å². The summed E-state index contributed by atoms with van der Waals surface area (Å²) in [5.41, 5.74) is 5.79. The molecule has 4 heteroatoms. The second-order valence-corrected chi connectivity index (χ2v) is 6.50. The van der Waals surface area contributed by atoms with Crippen LogP contribution < -0.4 is 5.73 Å². The Kier molecular flexibility index (Phi) is 5.22. The van der Waals surface area contributed by atoms with E-state index < -0.39 is 0 Å². The molecule has 1 aliphatic carbocycles. The van der Waals surface area contributed by atoms with Gasteiger partial charge in [0.15, 0.2) is 0 Å². The number of nitrogens with two attached hydrogens (primary N) is 1. The van der Waals surface area contributed by atoms with Crippen molar-refractivity contribution in [1.29, 1.82) is 0 Å². The maximum absolute atomic E-state index is 12.5. The highest BCUT2D eigenvalue weighted by molar-refractivity contribution is 5.79. The van der Waals surface area contributed by atoms with Crippen molar-refractivity contribution in [3.05, 3.63) is 0 Å². The van der Waals surface area contributed by atoms with Crippen molar-refractivity contribution in [3.8, 4) is 0 Å². The summed E-state index contributed by atoms with van der Waals surface area (Å²) >= 11 is 0. The predicted molar refractivity (Wildman–Crippen MR) is 77.7 cm³/mol. The molecule has 0 aromatic rings. The van der Waals surface area contributed by atoms with Crippen LogP contribution in [-0.4, -0.2) is 56.0 Å². The molecule has 1 aliphatic heterocycles. The lowest BCUT2D eigenvalue weighted by Crippen LogP contribution is -2.41. The van der Waals surface area contributed by atoms with Gasteiger partial charge in [0, 0.05) is 19.5 Å². The number of likely N-dealkylation sites (tertiary alicyclic amines) is 1. The van der Waals surface area contributed by atoms with Crippen molar-refractivity contribution in [1.82, 2.24) is 9.80 Å². The van der Waals surface area contributed by atoms with E-state index in [1.54, 1.807) is 0 Å². The fourth-order valence-electron chi connectivity index (χ4n) is 3.65. The molecule has 2 aliphatic rings. The van der Waals surface area contributed by atoms with Gasteiger partial charge in [0.05, 0.1) is 0 Å². The molecule has 0 bridgehead atoms. The highest BCUT2D eigenvalue weighted by Gasteiger charge is 2.34. The van der Waals surface area contributed by atoms with E-state index in [2.05, 4.69) is 11.9 Å². The number of hydrogen-bond donors (Lipinski definition) is 1. The Morgan fingerprint density at radius 1 is 1.26 bits per heavy atom. The van der Waals surface area contributed by atoms with Crippen LogP contribution in [0.3, 0.4) is 0 Å². The van der Waals surface area contributed by atoms with Crippen LogP contribution in [0.2, 0.25) is 0 Å². The van der Waals surface area contributed by atoms with Crippen LogP contribution in [0.15, 0.2) is 0 Å². The smallest absolute Gasteiger partial charge is 0.225 e. The normalized spacial score (nSPS) is 29.6. The van der Waals surface area contributed by atoms with Crippen molar-refractivity contribution < 1.29 is 4.79 Å². The molecule has 0 spiro atoms. The van der Waals surface area contributed by atoms with E-state index in [1.165, 1.54) is 32.4 Å². The first kappa shape index (κ1) is 14.8. The average molecular weight is 267 g/mol. The Bertz CT molecular complexity index is 300. The number of rotatable bonds is 4. The summed E-state index contributed by atoms with van der Waals surface area (Å²) < 4.78 is 0. The van der Waals surface area contributed by atoms with E-state index in [1.807, 2.05) is 11.9 Å². The fourth-order valence-corrected chi connectivity index (χ4v) is 3.65. The van der Waals surface area contributed by atoms with E-state index in [0.717, 1.165) is 19.4 Å². The Balaban J connectivity index is 1.82. The van der Waals surface area contributed by atoms with Gasteiger partial charge in [-0.1, -0.05) is 6.42 Å². The van der Waals surface area contributed by atoms with Crippen molar-refractivity contribution in [3.63, 3.8) is 0 Å². The molecule has 2 fully saturated rings. The van der Waals surface area contributed by atoms with E-state index in [-0.39, 0.29) is 5.92 Å². The Morgan fingerprint density at radius 2 is 1.95 bits per heavy atom. The molecule has 1 saturated heterocycles. The predicted octanol–water partition coefficient (Wildman–Crippen LogP) is 1.16. The monoisotopic (exact) mass is 267 g/mol. The van der Waals surface area contributed by atoms with Gasteiger partial charge in [-0.25, -0.2) is 0 Å². The zero-order valence-electron chi connectivity index (χ0n) is 12.5. The lowest BCUT2D eigenvalue weighted by Gasteiger charge is -2.33. The first-order valence-corrected chi connectivity index (χ1v) is 7.75. The number of carbonyl (C=O) groups excluding carboxylic acids is 1. The first-order chi connectivity index (χ1) is 9.11. The van der Waals surface area contributed by atoms with Gasteiger partial charge in [-0.3, -0.25) is 4.79 Å². The summed E-state index contributed by atoms with van der Waals surface area (Å²) in [7, 11) is 4.15. The summed E-state index contributed by atoms with van der Waals surface area (Å²) in [6.45, 7) is 3.93. The largest absolute Gasteiger partial charge is 0.345 e. The average Bonchev–Trinajstić information content (AvgIpc) is 2.88. The van der Waals surface area contributed by atoms with Gasteiger partial charge in [-0.05, 0) is 64.2 Å². The van der Waals surface area contributed by atoms with Gasteiger partial charge in [-0.2, -0.15) is 0 Å². The van der Waals surface area contributed by atoms with Crippen molar-refractivity contribution in [2.45, 2.75) is 32.1 Å². The van der Waals surface area contributed by atoms with Gasteiger partial charge in [0.25, 0.3) is 0 Å². The molecule has 2 N–H and O–H groups in total. The van der Waals surface area contributed by atoms with Crippen LogP contribution in [-0.2, 0) is 4.79 Å². The molecule has 4 nitrogen and oxygen atoms in total. The molecule has 1 heterocycles. The summed E-state index contributed by atoms with van der Waals surface area (Å²) in [5, 5.41) is 0. The summed E-state index contributed by atoms with van der Waals surface area (Å²) in [4.78, 5) is 16.9. The molecule has 19 heavy (non-hydrogen) atoms. The van der Waals surface area contributed by atoms with Gasteiger partial charge in [0.2, 0.25) is 5.91 Å². The molecule has 2 rings (SSSR count). The zero-order chi connectivity index (χ0) is 13.8. The molecule has 1 amide bonds. The lowest BCUT2D eigenvalue weighted by molar-refractivity contribution is -0.136. The Morgan fingerprint density at radius 3 is 2.58 bits per heavy atom. The van der Waals surface area contributed by atoms with E-state index in [4.69, 9.17) is 5.73 Å². The van der Waals surface area contributed by atoms with E-state index in [0.29, 0.717) is 24.3 Å². The van der Waals surface area contributed by atoms with Crippen molar-refractivity contribution >= 4 is 5.91 Å². The van der Waals surface area contributed by atoms with Crippen LogP contribution in [0.4, 0.5) is 0 Å². The molecular weight excluding hydrogens is 238 g/mol. The maximum atomic E-state index is 12.5. The third kappa shape index (κ3) is 3.69. The van der Waals surface area contributed by atoms with Gasteiger partial charge in [0.1, 0.15) is 0 Å². The van der Waals surface area contributed by atoms with Gasteiger partial charge >= 0.3 is 0 Å². The second kappa shape index (κ2) is 6.71. The number of hydrogen-bond acceptors (Lipinski definition) is 3. The molecule has 2 unspecified atom stereocenters. The number of piperidine rings is 1. The lowest BCUT2D eigenvalue weighted by atomic mass is 9.93. The Hall–Kier alpha value is -0.610. The SMILES string of the molecule is CN1CCC(CN(C)C(=O)C2CCCC2CN)CC1. The standard InChI is InChI=1S/C15H29N3O/c1-17-8-6-12(7-9-17)11-18(2)15(19)14-5-3-4-13(14)10-16/h12-14H,3-11,16H2,1-2H3. The quantitative estimate of drug-likeness (QED) is 0.831. The van der Waals surface area contributed by atoms with Crippen LogP contribution >= 0.6 is 0 Å². The molecule has 1 saturated carbocycles. The summed E-state index contributed by atoms with van der Waals surface area (Å²) in [6, 6.07) is 0. The number of carbonyl (C=O) groups is 1. The summed E-state index contributed by atoms with van der Waals surface area (Å²) in [5.74, 6) is 1.64. The molecule has 0 radical (unpaired) electrons. The van der Waals surface area contributed by atoms with E-state index >= 15 is 0 Å².